The molecular weight excluding hydrogens is 340 g/mol. The Labute approximate surface area is 147 Å². The molecule has 0 bridgehead atoms. The molecule has 1 aromatic carbocycles. The van der Waals surface area contributed by atoms with Crippen molar-refractivity contribution in [1.29, 1.82) is 0 Å². The molecule has 122 valence electrons. The smallest absolute Gasteiger partial charge is 0.267 e. The minimum Gasteiger partial charge on any atom is -0.298 e. The Morgan fingerprint density at radius 2 is 1.96 bits per heavy atom. The quantitative estimate of drug-likeness (QED) is 0.664. The van der Waals surface area contributed by atoms with Crippen molar-refractivity contribution in [2.45, 2.75) is 36.1 Å². The molecule has 0 radical (unpaired) electrons. The third kappa shape index (κ3) is 2.80. The van der Waals surface area contributed by atoms with Crippen LogP contribution in [0, 0.1) is 0 Å². The van der Waals surface area contributed by atoms with E-state index in [1.165, 1.54) is 23.1 Å². The van der Waals surface area contributed by atoms with Crippen LogP contribution in [0.3, 0.4) is 0 Å². The fourth-order valence-corrected chi connectivity index (χ4v) is 5.02. The number of fused-ring (bicyclic) bond motifs is 1. The van der Waals surface area contributed by atoms with E-state index >= 15 is 0 Å². The number of carbonyl (C=O) groups is 1. The van der Waals surface area contributed by atoms with E-state index in [1.807, 2.05) is 41.8 Å². The van der Waals surface area contributed by atoms with Gasteiger partial charge in [-0.1, -0.05) is 36.4 Å². The first-order valence-corrected chi connectivity index (χ1v) is 9.75. The van der Waals surface area contributed by atoms with Gasteiger partial charge >= 0.3 is 0 Å². The number of thiophene rings is 1. The first-order valence-electron chi connectivity index (χ1n) is 7.99. The van der Waals surface area contributed by atoms with Gasteiger partial charge in [-0.05, 0) is 36.4 Å². The number of benzene rings is 1. The molecule has 0 N–H and O–H groups in total. The first kappa shape index (κ1) is 15.6. The molecule has 24 heavy (non-hydrogen) atoms. The highest BCUT2D eigenvalue weighted by molar-refractivity contribution is 8.00. The summed E-state index contributed by atoms with van der Waals surface area (Å²) in [4.78, 5) is 30.6. The maximum atomic E-state index is 13.0. The van der Waals surface area contributed by atoms with Gasteiger partial charge in [0.25, 0.3) is 5.56 Å². The zero-order valence-electron chi connectivity index (χ0n) is 13.0. The molecule has 1 aliphatic carbocycles. The summed E-state index contributed by atoms with van der Waals surface area (Å²) >= 11 is 2.90. The number of hydrogen-bond acceptors (Lipinski definition) is 5. The summed E-state index contributed by atoms with van der Waals surface area (Å²) < 4.78 is 1.64. The van der Waals surface area contributed by atoms with Gasteiger partial charge in [0.15, 0.2) is 5.16 Å². The zero-order valence-corrected chi connectivity index (χ0v) is 14.6. The Hall–Kier alpha value is -1.92. The standard InChI is InChI=1S/C18H16N2O2S2/c21-14-8-4-5-9-15(14)24-18-19-16-13(10-11-23-16)17(22)20(18)12-6-2-1-3-7-12/h1-3,6-7,10-11,15H,4-5,8-9H2. The summed E-state index contributed by atoms with van der Waals surface area (Å²) in [5.41, 5.74) is 0.715. The third-order valence-corrected chi connectivity index (χ3v) is 6.30. The van der Waals surface area contributed by atoms with E-state index in [2.05, 4.69) is 0 Å². The van der Waals surface area contributed by atoms with Crippen LogP contribution in [0.5, 0.6) is 0 Å². The lowest BCUT2D eigenvalue weighted by atomic mass is 9.99. The molecule has 1 unspecified atom stereocenters. The summed E-state index contributed by atoms with van der Waals surface area (Å²) in [5, 5.41) is 3.02. The Morgan fingerprint density at radius 3 is 2.75 bits per heavy atom. The molecule has 6 heteroatoms. The number of thioether (sulfide) groups is 1. The molecule has 1 saturated carbocycles. The van der Waals surface area contributed by atoms with Crippen LogP contribution >= 0.6 is 23.1 Å². The van der Waals surface area contributed by atoms with Gasteiger partial charge in [-0.2, -0.15) is 0 Å². The van der Waals surface area contributed by atoms with Crippen LogP contribution in [0.25, 0.3) is 15.9 Å². The molecular formula is C18H16N2O2S2. The Kier molecular flexibility index (Phi) is 4.24. The highest BCUT2D eigenvalue weighted by atomic mass is 32.2. The minimum atomic E-state index is -0.0991. The predicted molar refractivity (Wildman–Crippen MR) is 98.3 cm³/mol. The molecule has 0 aliphatic heterocycles. The molecule has 0 saturated heterocycles. The summed E-state index contributed by atoms with van der Waals surface area (Å²) in [6.07, 6.45) is 3.52. The van der Waals surface area contributed by atoms with E-state index in [-0.39, 0.29) is 16.6 Å². The van der Waals surface area contributed by atoms with Crippen LogP contribution in [-0.2, 0) is 4.79 Å². The lowest BCUT2D eigenvalue weighted by Gasteiger charge is -2.21. The van der Waals surface area contributed by atoms with Gasteiger partial charge < -0.3 is 0 Å². The number of Topliss-reactive ketones (excluding diaryl/α,β-unsaturated/α-hetero) is 1. The van der Waals surface area contributed by atoms with E-state index in [0.717, 1.165) is 29.8 Å². The molecule has 0 amide bonds. The van der Waals surface area contributed by atoms with Crippen molar-refractivity contribution in [1.82, 2.24) is 9.55 Å². The summed E-state index contributed by atoms with van der Waals surface area (Å²) in [7, 11) is 0. The Balaban J connectivity index is 1.86. The molecule has 0 spiro atoms. The average molecular weight is 356 g/mol. The predicted octanol–water partition coefficient (Wildman–Crippen LogP) is 4.05. The Morgan fingerprint density at radius 1 is 1.12 bits per heavy atom. The highest BCUT2D eigenvalue weighted by Crippen LogP contribution is 2.32. The van der Waals surface area contributed by atoms with Crippen molar-refractivity contribution in [3.8, 4) is 5.69 Å². The van der Waals surface area contributed by atoms with Crippen LogP contribution in [0.15, 0.2) is 51.7 Å². The van der Waals surface area contributed by atoms with E-state index in [1.54, 1.807) is 4.57 Å². The fourth-order valence-electron chi connectivity index (χ4n) is 2.98. The zero-order chi connectivity index (χ0) is 16.5. The van der Waals surface area contributed by atoms with Crippen molar-refractivity contribution < 1.29 is 4.79 Å². The highest BCUT2D eigenvalue weighted by Gasteiger charge is 2.26. The second-order valence-electron chi connectivity index (χ2n) is 5.83. The third-order valence-electron chi connectivity index (χ3n) is 4.23. The van der Waals surface area contributed by atoms with Gasteiger partial charge in [-0.3, -0.25) is 14.2 Å². The molecule has 4 rings (SSSR count). The molecule has 3 aromatic rings. The summed E-state index contributed by atoms with van der Waals surface area (Å²) in [6.45, 7) is 0. The van der Waals surface area contributed by atoms with Crippen LogP contribution in [0.4, 0.5) is 0 Å². The largest absolute Gasteiger partial charge is 0.298 e. The van der Waals surface area contributed by atoms with E-state index in [4.69, 9.17) is 4.98 Å². The molecule has 1 atom stereocenters. The number of hydrogen-bond donors (Lipinski definition) is 0. The van der Waals surface area contributed by atoms with Crippen LogP contribution in [0.1, 0.15) is 25.7 Å². The van der Waals surface area contributed by atoms with Gasteiger partial charge in [-0.25, -0.2) is 4.98 Å². The summed E-state index contributed by atoms with van der Waals surface area (Å²) in [6, 6.07) is 11.3. The van der Waals surface area contributed by atoms with Crippen LogP contribution < -0.4 is 5.56 Å². The maximum Gasteiger partial charge on any atom is 0.267 e. The number of aromatic nitrogens is 2. The van der Waals surface area contributed by atoms with Gasteiger partial charge in [-0.15, -0.1) is 11.3 Å². The van der Waals surface area contributed by atoms with Crippen molar-refractivity contribution >= 4 is 39.1 Å². The maximum absolute atomic E-state index is 13.0. The van der Waals surface area contributed by atoms with Crippen LogP contribution in [-0.4, -0.2) is 20.6 Å². The van der Waals surface area contributed by atoms with E-state index in [9.17, 15) is 9.59 Å². The van der Waals surface area contributed by atoms with Crippen molar-refractivity contribution in [2.75, 3.05) is 0 Å². The number of carbonyl (C=O) groups excluding carboxylic acids is 1. The van der Waals surface area contributed by atoms with Crippen molar-refractivity contribution in [3.63, 3.8) is 0 Å². The number of rotatable bonds is 3. The van der Waals surface area contributed by atoms with Gasteiger partial charge in [0.1, 0.15) is 10.6 Å². The molecule has 1 fully saturated rings. The molecule has 1 aliphatic rings. The monoisotopic (exact) mass is 356 g/mol. The number of nitrogens with zero attached hydrogens (tertiary/aromatic N) is 2. The average Bonchev–Trinajstić information content (AvgIpc) is 3.07. The number of para-hydroxylation sites is 1. The lowest BCUT2D eigenvalue weighted by Crippen LogP contribution is -2.25. The van der Waals surface area contributed by atoms with Crippen molar-refractivity contribution in [2.24, 2.45) is 0 Å². The minimum absolute atomic E-state index is 0.0711. The number of ketones is 1. The summed E-state index contributed by atoms with van der Waals surface area (Å²) in [5.74, 6) is 0.270. The van der Waals surface area contributed by atoms with Gasteiger partial charge in [0, 0.05) is 6.42 Å². The fraction of sp³-hybridized carbons (Fsp3) is 0.278. The van der Waals surface area contributed by atoms with E-state index < -0.39 is 0 Å². The normalized spacial score (nSPS) is 18.2. The second-order valence-corrected chi connectivity index (χ2v) is 7.89. The van der Waals surface area contributed by atoms with Crippen molar-refractivity contribution in [3.05, 3.63) is 52.1 Å². The SMILES string of the molecule is O=C1CCCCC1Sc1nc2sccc2c(=O)n1-c1ccccc1. The molecule has 4 nitrogen and oxygen atoms in total. The Bertz CT molecular complexity index is 947. The molecule has 2 heterocycles. The first-order chi connectivity index (χ1) is 11.7. The lowest BCUT2D eigenvalue weighted by molar-refractivity contribution is -0.119. The second kappa shape index (κ2) is 6.53. The topological polar surface area (TPSA) is 52.0 Å². The molecule has 2 aromatic heterocycles. The van der Waals surface area contributed by atoms with Gasteiger partial charge in [0.2, 0.25) is 0 Å². The van der Waals surface area contributed by atoms with Gasteiger partial charge in [0.05, 0.1) is 16.3 Å². The van der Waals surface area contributed by atoms with Crippen LogP contribution in [0.2, 0.25) is 0 Å². The van der Waals surface area contributed by atoms with E-state index in [0.29, 0.717) is 17.0 Å².